The molecule has 5 nitrogen and oxygen atoms in total. The van der Waals surface area contributed by atoms with E-state index in [0.717, 1.165) is 38.3 Å². The molecule has 0 amide bonds. The fourth-order valence-electron chi connectivity index (χ4n) is 7.05. The van der Waals surface area contributed by atoms with E-state index in [0.29, 0.717) is 16.7 Å². The average Bonchev–Trinajstić information content (AvgIpc) is 3.95. The van der Waals surface area contributed by atoms with E-state index in [2.05, 4.69) is 74.1 Å². The van der Waals surface area contributed by atoms with Gasteiger partial charge in [-0.15, -0.1) is 11.3 Å². The van der Waals surface area contributed by atoms with Gasteiger partial charge < -0.3 is 8.98 Å². The van der Waals surface area contributed by atoms with Gasteiger partial charge in [0.2, 0.25) is 0 Å². The number of thiophene rings is 1. The Morgan fingerprint density at radius 3 is 1.94 bits per heavy atom. The molecule has 6 heteroatoms. The van der Waals surface area contributed by atoms with Crippen molar-refractivity contribution in [2.24, 2.45) is 0 Å². The molecule has 11 rings (SSSR count). The number of rotatable bonds is 4. The van der Waals surface area contributed by atoms with Crippen LogP contribution in [0.5, 0.6) is 0 Å². The second-order valence-electron chi connectivity index (χ2n) is 12.1. The van der Waals surface area contributed by atoms with Crippen LogP contribution in [-0.2, 0) is 0 Å². The van der Waals surface area contributed by atoms with Crippen molar-refractivity contribution in [1.29, 1.82) is 0 Å². The highest BCUT2D eigenvalue weighted by Crippen LogP contribution is 2.44. The van der Waals surface area contributed by atoms with Crippen LogP contribution in [0.2, 0.25) is 0 Å². The summed E-state index contributed by atoms with van der Waals surface area (Å²) in [5.41, 5.74) is 3.68. The first kappa shape index (κ1) is 20.1. The van der Waals surface area contributed by atoms with E-state index in [-0.39, 0.29) is 28.6 Å². The summed E-state index contributed by atoms with van der Waals surface area (Å²) in [5.74, 6) is -0.722. The fourth-order valence-corrected chi connectivity index (χ4v) is 8.30. The van der Waals surface area contributed by atoms with Crippen LogP contribution in [0, 0.1) is 0 Å². The number of nitrogens with zero attached hydrogens (tertiary/aromatic N) is 4. The first-order chi connectivity index (χ1) is 29.4. The molecule has 0 aliphatic heterocycles. The molecule has 7 aromatic carbocycles. The van der Waals surface area contributed by atoms with E-state index in [1.54, 1.807) is 23.5 Å². The van der Waals surface area contributed by atoms with Crippen molar-refractivity contribution >= 4 is 75.3 Å². The molecule has 0 spiro atoms. The topological polar surface area (TPSA) is 56.7 Å². The average molecular weight is 681 g/mol. The largest absolute Gasteiger partial charge is 0.454 e. The van der Waals surface area contributed by atoms with Crippen LogP contribution in [0.1, 0.15) is 13.7 Å². The maximum atomic E-state index is 8.67. The SMILES string of the molecule is [2H]c1c([2H])c([2H])c(-c2nc(-c3ccc4c(c3)oc3c(-n5c6ccccc6c6c7sc8ccccc8c7ccc65)cccc34)nc(-c3c([2H])c([2H])c([2H])c([2H])c3[2H])n2)c([2H])c1[2H]. The first-order valence-corrected chi connectivity index (χ1v) is 16.9. The smallest absolute Gasteiger partial charge is 0.164 e. The number of fused-ring (bicyclic) bond motifs is 10. The van der Waals surface area contributed by atoms with E-state index in [4.69, 9.17) is 18.1 Å². The fraction of sp³-hybridized carbons (Fsp3) is 0. The molecule has 0 unspecified atom stereocenters. The van der Waals surface area contributed by atoms with Gasteiger partial charge in [0, 0.05) is 58.4 Å². The number of furan rings is 1. The van der Waals surface area contributed by atoms with Gasteiger partial charge in [0.25, 0.3) is 0 Å². The van der Waals surface area contributed by atoms with Crippen molar-refractivity contribution < 1.29 is 18.1 Å². The van der Waals surface area contributed by atoms with Gasteiger partial charge >= 0.3 is 0 Å². The summed E-state index contributed by atoms with van der Waals surface area (Å²) in [6.07, 6.45) is 0. The molecule has 0 N–H and O–H groups in total. The Balaban J connectivity index is 1.14. The summed E-state index contributed by atoms with van der Waals surface area (Å²) in [7, 11) is 0. The quantitative estimate of drug-likeness (QED) is 0.186. The van der Waals surface area contributed by atoms with Gasteiger partial charge in [-0.3, -0.25) is 0 Å². The molecule has 0 radical (unpaired) electrons. The molecule has 4 heterocycles. The Hall–Kier alpha value is -6.63. The summed E-state index contributed by atoms with van der Waals surface area (Å²) in [6.45, 7) is 0. The Morgan fingerprint density at radius 1 is 0.529 bits per heavy atom. The van der Waals surface area contributed by atoms with Crippen molar-refractivity contribution in [2.75, 3.05) is 0 Å². The Labute approximate surface area is 309 Å². The lowest BCUT2D eigenvalue weighted by Gasteiger charge is -2.08. The Kier molecular flexibility index (Phi) is 4.32. The molecule has 0 aliphatic rings. The van der Waals surface area contributed by atoms with Gasteiger partial charge in [-0.25, -0.2) is 15.0 Å². The maximum Gasteiger partial charge on any atom is 0.164 e. The lowest BCUT2D eigenvalue weighted by atomic mass is 10.1. The zero-order chi connectivity index (χ0) is 42.2. The Bertz CT molecular complexity index is 3600. The molecule has 0 bridgehead atoms. The molecule has 11 aromatic rings. The molecule has 0 atom stereocenters. The standard InChI is InChI=1S/C45H26N4OS/c1-3-12-27(13-4-1)43-46-44(28-14-5-2-6-15-28)48-45(47-43)29-22-23-30-32-18-11-20-37(41(32)50-38(30)26-29)49-35-19-9-7-17-34(35)40-36(49)25-24-33-31-16-8-10-21-39(31)51-42(33)40/h1-26H/i1D,2D,3D,4D,5D,6D,12D,13D,14D,15D. The van der Waals surface area contributed by atoms with Gasteiger partial charge in [-0.2, -0.15) is 0 Å². The molecule has 0 saturated carbocycles. The van der Waals surface area contributed by atoms with Crippen molar-refractivity contribution in [3.8, 4) is 39.9 Å². The predicted octanol–water partition coefficient (Wildman–Crippen LogP) is 12.2. The third kappa shape index (κ3) is 4.30. The highest BCUT2D eigenvalue weighted by atomic mass is 32.1. The Morgan fingerprint density at radius 2 is 1.18 bits per heavy atom. The molecule has 0 saturated heterocycles. The highest BCUT2D eigenvalue weighted by molar-refractivity contribution is 7.26. The minimum Gasteiger partial charge on any atom is -0.454 e. The zero-order valence-electron chi connectivity index (χ0n) is 36.3. The maximum absolute atomic E-state index is 8.67. The number of benzene rings is 7. The number of para-hydroxylation sites is 2. The van der Waals surface area contributed by atoms with Crippen molar-refractivity contribution in [2.45, 2.75) is 0 Å². The van der Waals surface area contributed by atoms with Crippen LogP contribution in [0.3, 0.4) is 0 Å². The second kappa shape index (κ2) is 10.9. The van der Waals surface area contributed by atoms with Gasteiger partial charge in [0.05, 0.1) is 30.4 Å². The second-order valence-corrected chi connectivity index (χ2v) is 13.1. The number of hydrogen-bond donors (Lipinski definition) is 0. The zero-order valence-corrected chi connectivity index (χ0v) is 27.2. The van der Waals surface area contributed by atoms with Crippen molar-refractivity contribution in [1.82, 2.24) is 19.5 Å². The summed E-state index contributed by atoms with van der Waals surface area (Å²) in [5, 5.41) is 6.33. The van der Waals surface area contributed by atoms with Crippen LogP contribution < -0.4 is 0 Å². The minimum absolute atomic E-state index is 0.0454. The van der Waals surface area contributed by atoms with Crippen LogP contribution in [0.4, 0.5) is 0 Å². The molecular weight excluding hydrogens is 645 g/mol. The molecule has 0 fully saturated rings. The molecule has 0 aliphatic carbocycles. The van der Waals surface area contributed by atoms with E-state index in [1.807, 2.05) is 30.3 Å². The first-order valence-electron chi connectivity index (χ1n) is 21.1. The summed E-state index contributed by atoms with van der Waals surface area (Å²) < 4.78 is 95.5. The molecule has 238 valence electrons. The van der Waals surface area contributed by atoms with Gasteiger partial charge in [0.1, 0.15) is 5.58 Å². The third-order valence-corrected chi connectivity index (χ3v) is 10.4. The van der Waals surface area contributed by atoms with Crippen LogP contribution in [0.15, 0.2) is 162 Å². The summed E-state index contributed by atoms with van der Waals surface area (Å²) >= 11 is 1.78. The van der Waals surface area contributed by atoms with Crippen LogP contribution >= 0.6 is 11.3 Å². The molecule has 51 heavy (non-hydrogen) atoms. The lowest BCUT2D eigenvalue weighted by molar-refractivity contribution is 0.666. The lowest BCUT2D eigenvalue weighted by Crippen LogP contribution is -2.00. The molecular formula is C45H26N4OS. The van der Waals surface area contributed by atoms with Crippen LogP contribution in [-0.4, -0.2) is 19.5 Å². The normalized spacial score (nSPS) is 14.7. The van der Waals surface area contributed by atoms with Crippen molar-refractivity contribution in [3.63, 3.8) is 0 Å². The third-order valence-electron chi connectivity index (χ3n) is 9.24. The van der Waals surface area contributed by atoms with E-state index < -0.39 is 60.4 Å². The van der Waals surface area contributed by atoms with E-state index in [1.165, 1.54) is 20.2 Å². The summed E-state index contributed by atoms with van der Waals surface area (Å²) in [6, 6.07) is 26.5. The minimum atomic E-state index is -0.613. The van der Waals surface area contributed by atoms with Crippen LogP contribution in [0.25, 0.3) is 104 Å². The van der Waals surface area contributed by atoms with Gasteiger partial charge in [-0.05, 0) is 36.4 Å². The monoisotopic (exact) mass is 680 g/mol. The van der Waals surface area contributed by atoms with Gasteiger partial charge in [-0.1, -0.05) is 121 Å². The molecule has 4 aromatic heterocycles. The van der Waals surface area contributed by atoms with Gasteiger partial charge in [0.15, 0.2) is 23.1 Å². The number of aromatic nitrogens is 4. The highest BCUT2D eigenvalue weighted by Gasteiger charge is 2.21. The van der Waals surface area contributed by atoms with Crippen molar-refractivity contribution in [3.05, 3.63) is 157 Å². The van der Waals surface area contributed by atoms with E-state index in [9.17, 15) is 0 Å². The van der Waals surface area contributed by atoms with E-state index >= 15 is 0 Å². The number of hydrogen-bond acceptors (Lipinski definition) is 5. The summed E-state index contributed by atoms with van der Waals surface area (Å²) in [4.78, 5) is 13.6. The predicted molar refractivity (Wildman–Crippen MR) is 211 cm³/mol.